The predicted octanol–water partition coefficient (Wildman–Crippen LogP) is 4.26. The molecule has 1 atom stereocenters. The first-order valence-electron chi connectivity index (χ1n) is 10.6. The van der Waals surface area contributed by atoms with Gasteiger partial charge in [0.05, 0.1) is 22.6 Å². The minimum atomic E-state index is -0.375. The van der Waals surface area contributed by atoms with Crippen LogP contribution in [0.4, 0.5) is 10.1 Å². The van der Waals surface area contributed by atoms with Crippen LogP contribution < -0.4 is 4.90 Å². The second kappa shape index (κ2) is 7.14. The highest BCUT2D eigenvalue weighted by atomic mass is 35.5. The largest absolute Gasteiger partial charge is 0.369 e. The number of aryl methyl sites for hydroxylation is 1. The van der Waals surface area contributed by atoms with Crippen molar-refractivity contribution in [2.24, 2.45) is 7.05 Å². The molecule has 6 rings (SSSR count). The van der Waals surface area contributed by atoms with Crippen molar-refractivity contribution in [1.29, 1.82) is 0 Å². The third-order valence-electron chi connectivity index (χ3n) is 6.51. The summed E-state index contributed by atoms with van der Waals surface area (Å²) in [5.41, 5.74) is 3.25. The van der Waals surface area contributed by atoms with Gasteiger partial charge >= 0.3 is 0 Å². The molecular formula is C23H22ClFN6. The smallest absolute Gasteiger partial charge is 0.161 e. The maximum absolute atomic E-state index is 14.5. The van der Waals surface area contributed by atoms with Crippen LogP contribution in [0.15, 0.2) is 36.7 Å². The molecule has 1 aromatic carbocycles. The lowest BCUT2D eigenvalue weighted by Gasteiger charge is -2.36. The number of aromatic nitrogens is 4. The van der Waals surface area contributed by atoms with E-state index in [1.165, 1.54) is 32.0 Å². The maximum atomic E-state index is 14.5. The molecule has 6 nitrogen and oxygen atoms in total. The lowest BCUT2D eigenvalue weighted by Crippen LogP contribution is -2.46. The molecule has 0 saturated carbocycles. The Kier molecular flexibility index (Phi) is 4.36. The Bertz CT molecular complexity index is 1310. The van der Waals surface area contributed by atoms with Crippen LogP contribution in [0, 0.1) is 5.82 Å². The third-order valence-corrected chi connectivity index (χ3v) is 6.82. The lowest BCUT2D eigenvalue weighted by atomic mass is 10.1. The highest BCUT2D eigenvalue weighted by Crippen LogP contribution is 2.33. The number of hydrogen-bond donors (Lipinski definition) is 0. The van der Waals surface area contributed by atoms with Crippen LogP contribution in [0.25, 0.3) is 33.2 Å². The number of hydrogen-bond acceptors (Lipinski definition) is 5. The van der Waals surface area contributed by atoms with Crippen LogP contribution in [-0.2, 0) is 7.05 Å². The number of anilines is 1. The second-order valence-corrected chi connectivity index (χ2v) is 8.94. The molecule has 31 heavy (non-hydrogen) atoms. The van der Waals surface area contributed by atoms with Crippen LogP contribution in [0.2, 0.25) is 5.02 Å². The monoisotopic (exact) mass is 436 g/mol. The van der Waals surface area contributed by atoms with Crippen molar-refractivity contribution in [1.82, 2.24) is 24.6 Å². The van der Waals surface area contributed by atoms with Crippen molar-refractivity contribution >= 4 is 39.2 Å². The molecule has 3 aromatic heterocycles. The summed E-state index contributed by atoms with van der Waals surface area (Å²) in [7, 11) is 1.78. The van der Waals surface area contributed by atoms with Crippen molar-refractivity contribution in [2.45, 2.75) is 18.9 Å². The summed E-state index contributed by atoms with van der Waals surface area (Å²) in [6, 6.07) is 7.83. The molecule has 2 saturated heterocycles. The summed E-state index contributed by atoms with van der Waals surface area (Å²) in [6.07, 6.45) is 6.16. The molecule has 0 N–H and O–H groups in total. The van der Waals surface area contributed by atoms with Gasteiger partial charge in [0.15, 0.2) is 11.5 Å². The van der Waals surface area contributed by atoms with E-state index in [0.717, 1.165) is 29.5 Å². The maximum Gasteiger partial charge on any atom is 0.161 e. The van der Waals surface area contributed by atoms with Gasteiger partial charge in [-0.15, -0.1) is 0 Å². The van der Waals surface area contributed by atoms with E-state index in [4.69, 9.17) is 11.6 Å². The van der Waals surface area contributed by atoms with E-state index in [1.54, 1.807) is 24.0 Å². The normalized spacial score (nSPS) is 19.5. The average Bonchev–Trinajstić information content (AvgIpc) is 3.33. The van der Waals surface area contributed by atoms with Gasteiger partial charge in [0.25, 0.3) is 0 Å². The molecule has 158 valence electrons. The number of rotatable bonds is 3. The Morgan fingerprint density at radius 1 is 1.13 bits per heavy atom. The molecule has 0 amide bonds. The van der Waals surface area contributed by atoms with Gasteiger partial charge in [0, 0.05) is 48.7 Å². The predicted molar refractivity (Wildman–Crippen MR) is 121 cm³/mol. The first-order valence-corrected chi connectivity index (χ1v) is 11.0. The summed E-state index contributed by atoms with van der Waals surface area (Å²) in [4.78, 5) is 14.2. The number of nitrogens with zero attached hydrogens (tertiary/aromatic N) is 6. The van der Waals surface area contributed by atoms with Crippen molar-refractivity contribution in [3.63, 3.8) is 0 Å². The number of benzene rings is 1. The highest BCUT2D eigenvalue weighted by molar-refractivity contribution is 6.35. The van der Waals surface area contributed by atoms with E-state index < -0.39 is 0 Å². The van der Waals surface area contributed by atoms with E-state index in [-0.39, 0.29) is 5.82 Å². The van der Waals surface area contributed by atoms with Gasteiger partial charge in [0.1, 0.15) is 5.52 Å². The molecule has 0 aliphatic carbocycles. The minimum absolute atomic E-state index is 0.350. The zero-order valence-electron chi connectivity index (χ0n) is 17.2. The molecule has 0 spiro atoms. The summed E-state index contributed by atoms with van der Waals surface area (Å²) >= 11 is 6.65. The second-order valence-electron chi connectivity index (χ2n) is 8.53. The summed E-state index contributed by atoms with van der Waals surface area (Å²) in [6.45, 7) is 4.50. The van der Waals surface area contributed by atoms with E-state index >= 15 is 0 Å². The molecule has 5 heterocycles. The zero-order valence-corrected chi connectivity index (χ0v) is 18.0. The lowest BCUT2D eigenvalue weighted by molar-refractivity contribution is 0.129. The fourth-order valence-corrected chi connectivity index (χ4v) is 4.96. The summed E-state index contributed by atoms with van der Waals surface area (Å²) in [5, 5.41) is 6.28. The molecule has 2 fully saturated rings. The van der Waals surface area contributed by atoms with Gasteiger partial charge < -0.3 is 4.90 Å². The molecule has 2 aliphatic heterocycles. The molecule has 2 aliphatic rings. The minimum Gasteiger partial charge on any atom is -0.369 e. The Balaban J connectivity index is 1.35. The van der Waals surface area contributed by atoms with Crippen molar-refractivity contribution in [3.05, 3.63) is 47.5 Å². The Labute approximate surface area is 184 Å². The van der Waals surface area contributed by atoms with Crippen LogP contribution in [0.3, 0.4) is 0 Å². The van der Waals surface area contributed by atoms with E-state index in [9.17, 15) is 4.39 Å². The van der Waals surface area contributed by atoms with Crippen LogP contribution in [-0.4, -0.2) is 56.9 Å². The first kappa shape index (κ1) is 19.0. The average molecular weight is 437 g/mol. The molecule has 0 bridgehead atoms. The van der Waals surface area contributed by atoms with Crippen molar-refractivity contribution in [2.75, 3.05) is 31.1 Å². The number of fused-ring (bicyclic) bond motifs is 2. The van der Waals surface area contributed by atoms with Gasteiger partial charge in [-0.2, -0.15) is 5.10 Å². The Morgan fingerprint density at radius 2 is 2.00 bits per heavy atom. The number of halogens is 2. The van der Waals surface area contributed by atoms with Crippen molar-refractivity contribution in [3.8, 4) is 11.3 Å². The van der Waals surface area contributed by atoms with Gasteiger partial charge in [0.2, 0.25) is 0 Å². The van der Waals surface area contributed by atoms with Gasteiger partial charge in [-0.05, 0) is 50.2 Å². The topological polar surface area (TPSA) is 50.1 Å². The molecule has 0 radical (unpaired) electrons. The summed E-state index contributed by atoms with van der Waals surface area (Å²) < 4.78 is 16.1. The Hall–Kier alpha value is -2.77. The highest BCUT2D eigenvalue weighted by Gasteiger charge is 2.31. The Morgan fingerprint density at radius 3 is 2.81 bits per heavy atom. The van der Waals surface area contributed by atoms with Crippen molar-refractivity contribution < 1.29 is 4.39 Å². The number of likely N-dealkylation sites (tertiary alicyclic amines) is 1. The molecule has 4 aromatic rings. The standard InChI is InChI=1S/C23H22ClFN6/c1-29-12-15-7-14(8-20(25)22(15)28-29)21-10-19(24)18-9-17(11-26-23(18)27-21)31-6-3-16(13-31)30-4-2-5-30/h7-12,16H,2-6,13H2,1H3. The van der Waals surface area contributed by atoms with Gasteiger partial charge in [-0.3, -0.25) is 9.58 Å². The quantitative estimate of drug-likeness (QED) is 0.480. The van der Waals surface area contributed by atoms with Crippen LogP contribution in [0.5, 0.6) is 0 Å². The van der Waals surface area contributed by atoms with E-state index in [2.05, 4.69) is 30.9 Å². The van der Waals surface area contributed by atoms with Gasteiger partial charge in [-0.1, -0.05) is 11.6 Å². The third kappa shape index (κ3) is 3.23. The number of pyridine rings is 2. The van der Waals surface area contributed by atoms with Gasteiger partial charge in [-0.25, -0.2) is 14.4 Å². The SMILES string of the molecule is Cn1cc2cc(-c3cc(Cl)c4cc(N5CCC(N6CCC6)C5)cnc4n3)cc(F)c2n1. The summed E-state index contributed by atoms with van der Waals surface area (Å²) in [5.74, 6) is -0.375. The van der Waals surface area contributed by atoms with Crippen LogP contribution >= 0.6 is 11.6 Å². The van der Waals surface area contributed by atoms with Crippen LogP contribution in [0.1, 0.15) is 12.8 Å². The first-order chi connectivity index (χ1) is 15.0. The van der Waals surface area contributed by atoms with E-state index in [1.807, 2.05) is 12.3 Å². The fourth-order valence-electron chi connectivity index (χ4n) is 4.72. The van der Waals surface area contributed by atoms with E-state index in [0.29, 0.717) is 33.5 Å². The molecule has 8 heteroatoms. The fraction of sp³-hybridized carbons (Fsp3) is 0.348. The molecule has 1 unspecified atom stereocenters. The molecular weight excluding hydrogens is 415 g/mol. The zero-order chi connectivity index (χ0) is 21.1.